The quantitative estimate of drug-likeness (QED) is 0.754. The molecule has 8 heteroatoms. The maximum Gasteiger partial charge on any atom is 0.261 e. The van der Waals surface area contributed by atoms with Crippen molar-refractivity contribution >= 4 is 43.3 Å². The van der Waals surface area contributed by atoms with E-state index in [4.69, 9.17) is 0 Å². The highest BCUT2D eigenvalue weighted by Gasteiger charge is 2.22. The Morgan fingerprint density at radius 1 is 1.15 bits per heavy atom. The van der Waals surface area contributed by atoms with Crippen molar-refractivity contribution in [3.05, 3.63) is 52.5 Å². The van der Waals surface area contributed by atoms with Gasteiger partial charge < -0.3 is 14.8 Å². The highest BCUT2D eigenvalue weighted by molar-refractivity contribution is 9.10. The van der Waals surface area contributed by atoms with E-state index in [0.29, 0.717) is 11.6 Å². The molecule has 0 aliphatic carbocycles. The Morgan fingerprint density at radius 2 is 1.78 bits per heavy atom. The molecule has 0 amide bonds. The summed E-state index contributed by atoms with van der Waals surface area (Å²) in [5.41, 5.74) is 0.847. The lowest BCUT2D eigenvalue weighted by Crippen LogP contribution is -2.33. The van der Waals surface area contributed by atoms with Crippen molar-refractivity contribution in [2.24, 2.45) is 5.92 Å². The second-order valence-electron chi connectivity index (χ2n) is 6.75. The number of carbonyl (C=O) groups excluding carboxylic acids is 1. The normalized spacial score (nSPS) is 15.6. The van der Waals surface area contributed by atoms with Crippen molar-refractivity contribution in [2.75, 3.05) is 22.7 Å². The molecule has 0 saturated carbocycles. The van der Waals surface area contributed by atoms with E-state index in [1.807, 2.05) is 0 Å². The number of nitrogens with one attached hydrogen (secondary N) is 1. The molecule has 1 aliphatic rings. The van der Waals surface area contributed by atoms with Crippen molar-refractivity contribution in [2.45, 2.75) is 24.7 Å². The third kappa shape index (κ3) is 4.62. The number of sulfonamides is 1. The maximum atomic E-state index is 12.8. The molecule has 1 N–H and O–H groups in total. The number of halogens is 1. The lowest BCUT2D eigenvalue weighted by molar-refractivity contribution is -0.255. The van der Waals surface area contributed by atoms with E-state index < -0.39 is 16.0 Å². The number of benzene rings is 2. The van der Waals surface area contributed by atoms with Gasteiger partial charge in [0.2, 0.25) is 0 Å². The predicted octanol–water partition coefficient (Wildman–Crippen LogP) is 2.85. The molecular weight excluding hydrogens is 432 g/mol. The molecule has 0 atom stereocenters. The van der Waals surface area contributed by atoms with Crippen LogP contribution in [0.5, 0.6) is 0 Å². The van der Waals surface area contributed by atoms with Crippen LogP contribution in [0.4, 0.5) is 11.4 Å². The van der Waals surface area contributed by atoms with E-state index in [-0.39, 0.29) is 16.1 Å². The lowest BCUT2D eigenvalue weighted by Gasteiger charge is -2.33. The van der Waals surface area contributed by atoms with E-state index in [1.165, 1.54) is 24.3 Å². The largest absolute Gasteiger partial charge is 0.545 e. The minimum Gasteiger partial charge on any atom is -0.545 e. The topological polar surface area (TPSA) is 89.5 Å². The number of hydrogen-bond donors (Lipinski definition) is 1. The summed E-state index contributed by atoms with van der Waals surface area (Å²) in [4.78, 5) is 13.4. The van der Waals surface area contributed by atoms with Crippen LogP contribution in [0, 0.1) is 5.92 Å². The number of anilines is 2. The van der Waals surface area contributed by atoms with Gasteiger partial charge in [-0.1, -0.05) is 28.9 Å². The van der Waals surface area contributed by atoms with Crippen LogP contribution >= 0.6 is 15.9 Å². The number of carboxylic acids is 1. The molecule has 0 aromatic heterocycles. The van der Waals surface area contributed by atoms with Crippen LogP contribution in [0.1, 0.15) is 30.1 Å². The average Bonchev–Trinajstić information content (AvgIpc) is 2.62. The van der Waals surface area contributed by atoms with E-state index in [0.717, 1.165) is 30.4 Å². The zero-order valence-corrected chi connectivity index (χ0v) is 17.2. The minimum absolute atomic E-state index is 0.0716. The third-order valence-electron chi connectivity index (χ3n) is 4.72. The molecule has 0 bridgehead atoms. The average molecular weight is 452 g/mol. The molecule has 1 fully saturated rings. The molecule has 2 aromatic carbocycles. The first-order valence-electron chi connectivity index (χ1n) is 8.65. The number of piperidine rings is 1. The number of hydrogen-bond acceptors (Lipinski definition) is 5. The Morgan fingerprint density at radius 3 is 2.37 bits per heavy atom. The monoisotopic (exact) mass is 451 g/mol. The lowest BCUT2D eigenvalue weighted by atomic mass is 9.98. The second kappa shape index (κ2) is 7.90. The summed E-state index contributed by atoms with van der Waals surface area (Å²) in [5, 5.41) is 11.2. The minimum atomic E-state index is -3.86. The van der Waals surface area contributed by atoms with Gasteiger partial charge in [0, 0.05) is 17.6 Å². The standard InChI is InChI=1S/C19H21BrN2O4S/c1-13-8-10-22(11-9-13)18-7-2-14(19(23)24)12-17(18)21-27(25,26)16-5-3-15(20)4-6-16/h2-7,12-13,21H,8-11H2,1H3,(H,23,24)/p-1. The molecule has 1 aliphatic heterocycles. The first kappa shape index (κ1) is 19.7. The number of aromatic carboxylic acids is 1. The van der Waals surface area contributed by atoms with Crippen LogP contribution in [-0.4, -0.2) is 27.5 Å². The van der Waals surface area contributed by atoms with Crippen LogP contribution in [-0.2, 0) is 10.0 Å². The summed E-state index contributed by atoms with van der Waals surface area (Å²) >= 11 is 3.28. The molecule has 3 rings (SSSR count). The maximum absolute atomic E-state index is 12.8. The van der Waals surface area contributed by atoms with Crippen LogP contribution in [0.2, 0.25) is 0 Å². The SMILES string of the molecule is CC1CCN(c2ccc(C(=O)[O-])cc2NS(=O)(=O)c2ccc(Br)cc2)CC1. The van der Waals surface area contributed by atoms with Crippen molar-refractivity contribution in [1.29, 1.82) is 0 Å². The van der Waals surface area contributed by atoms with E-state index in [2.05, 4.69) is 32.5 Å². The predicted molar refractivity (Wildman–Crippen MR) is 106 cm³/mol. The summed E-state index contributed by atoms with van der Waals surface area (Å²) in [6.07, 6.45) is 2.00. The van der Waals surface area contributed by atoms with Crippen LogP contribution in [0.25, 0.3) is 0 Å². The molecule has 6 nitrogen and oxygen atoms in total. The van der Waals surface area contributed by atoms with Crippen LogP contribution < -0.4 is 14.7 Å². The summed E-state index contributed by atoms with van der Waals surface area (Å²) in [6, 6.07) is 10.6. The Labute approximate surface area is 167 Å². The van der Waals surface area contributed by atoms with Gasteiger partial charge in [-0.15, -0.1) is 0 Å². The molecule has 1 saturated heterocycles. The van der Waals surface area contributed by atoms with Gasteiger partial charge in [0.25, 0.3) is 10.0 Å². The number of nitrogens with zero attached hydrogens (tertiary/aromatic N) is 1. The summed E-state index contributed by atoms with van der Waals surface area (Å²) in [7, 11) is -3.86. The molecule has 1 heterocycles. The van der Waals surface area contributed by atoms with E-state index in [1.54, 1.807) is 18.2 Å². The fraction of sp³-hybridized carbons (Fsp3) is 0.316. The molecule has 0 radical (unpaired) electrons. The van der Waals surface area contributed by atoms with Crippen molar-refractivity contribution in [1.82, 2.24) is 0 Å². The summed E-state index contributed by atoms with van der Waals surface area (Å²) in [6.45, 7) is 3.77. The summed E-state index contributed by atoms with van der Waals surface area (Å²) in [5.74, 6) is -0.732. The Hall–Kier alpha value is -2.06. The van der Waals surface area contributed by atoms with Gasteiger partial charge in [-0.3, -0.25) is 4.72 Å². The zero-order valence-electron chi connectivity index (χ0n) is 14.8. The van der Waals surface area contributed by atoms with Crippen molar-refractivity contribution in [3.63, 3.8) is 0 Å². The molecule has 0 unspecified atom stereocenters. The highest BCUT2D eigenvalue weighted by atomic mass is 79.9. The third-order valence-corrected chi connectivity index (χ3v) is 6.63. The van der Waals surface area contributed by atoms with Crippen LogP contribution in [0.15, 0.2) is 51.8 Å². The molecule has 27 heavy (non-hydrogen) atoms. The fourth-order valence-corrected chi connectivity index (χ4v) is 4.42. The van der Waals surface area contributed by atoms with Gasteiger partial charge in [0.05, 0.1) is 22.2 Å². The number of carbonyl (C=O) groups is 1. The molecule has 2 aromatic rings. The highest BCUT2D eigenvalue weighted by Crippen LogP contribution is 2.32. The number of rotatable bonds is 5. The fourth-order valence-electron chi connectivity index (χ4n) is 3.09. The van der Waals surface area contributed by atoms with Gasteiger partial charge >= 0.3 is 0 Å². The Balaban J connectivity index is 1.97. The van der Waals surface area contributed by atoms with Gasteiger partial charge in [-0.25, -0.2) is 8.42 Å². The van der Waals surface area contributed by atoms with Gasteiger partial charge in [0.1, 0.15) is 0 Å². The van der Waals surface area contributed by atoms with Crippen LogP contribution in [0.3, 0.4) is 0 Å². The van der Waals surface area contributed by atoms with Crippen molar-refractivity contribution < 1.29 is 18.3 Å². The van der Waals surface area contributed by atoms with Gasteiger partial charge in [-0.05, 0) is 60.7 Å². The van der Waals surface area contributed by atoms with Gasteiger partial charge in [0.15, 0.2) is 0 Å². The second-order valence-corrected chi connectivity index (χ2v) is 9.35. The smallest absolute Gasteiger partial charge is 0.261 e. The number of carboxylic acid groups (broad SMARTS) is 1. The molecular formula is C19H20BrN2O4S-. The first-order valence-corrected chi connectivity index (χ1v) is 10.9. The van der Waals surface area contributed by atoms with E-state index in [9.17, 15) is 18.3 Å². The van der Waals surface area contributed by atoms with E-state index >= 15 is 0 Å². The molecule has 0 spiro atoms. The first-order chi connectivity index (χ1) is 12.8. The van der Waals surface area contributed by atoms with Crippen molar-refractivity contribution in [3.8, 4) is 0 Å². The zero-order chi connectivity index (χ0) is 19.6. The Kier molecular flexibility index (Phi) is 5.76. The summed E-state index contributed by atoms with van der Waals surface area (Å²) < 4.78 is 28.9. The molecule has 144 valence electrons. The van der Waals surface area contributed by atoms with Gasteiger partial charge in [-0.2, -0.15) is 0 Å². The Bertz CT molecular complexity index is 937.